The second-order valence-corrected chi connectivity index (χ2v) is 4.63. The van der Waals surface area contributed by atoms with E-state index in [9.17, 15) is 4.79 Å². The number of hydrogen-bond donors (Lipinski definition) is 0. The minimum Gasteiger partial charge on any atom is -0.466 e. The van der Waals surface area contributed by atoms with E-state index in [1.807, 2.05) is 19.9 Å². The molecule has 1 aliphatic heterocycles. The highest BCUT2D eigenvalue weighted by Crippen LogP contribution is 2.10. The predicted molar refractivity (Wildman–Crippen MR) is 79.9 cm³/mol. The van der Waals surface area contributed by atoms with Crippen LogP contribution in [0.4, 0.5) is 0 Å². The molecule has 1 saturated heterocycles. The molecule has 5 nitrogen and oxygen atoms in total. The van der Waals surface area contributed by atoms with Crippen LogP contribution in [0.25, 0.3) is 0 Å². The molecule has 1 aliphatic rings. The molecule has 0 radical (unpaired) electrons. The Morgan fingerprint density at radius 2 is 2.35 bits per heavy atom. The fourth-order valence-corrected chi connectivity index (χ4v) is 2.01. The molecule has 0 N–H and O–H groups in total. The Bertz CT molecular complexity index is 402. The summed E-state index contributed by atoms with van der Waals surface area (Å²) in [4.78, 5) is 18.3. The van der Waals surface area contributed by atoms with Gasteiger partial charge in [0.1, 0.15) is 5.84 Å². The largest absolute Gasteiger partial charge is 0.466 e. The van der Waals surface area contributed by atoms with E-state index in [1.54, 1.807) is 6.08 Å². The highest BCUT2D eigenvalue weighted by Gasteiger charge is 2.20. The molecule has 0 aliphatic carbocycles. The van der Waals surface area contributed by atoms with E-state index in [-0.39, 0.29) is 12.1 Å². The van der Waals surface area contributed by atoms with Crippen molar-refractivity contribution in [1.82, 2.24) is 4.90 Å². The predicted octanol–water partition coefficient (Wildman–Crippen LogP) is 1.80. The van der Waals surface area contributed by atoms with Crippen LogP contribution in [-0.2, 0) is 14.3 Å². The van der Waals surface area contributed by atoms with Gasteiger partial charge < -0.3 is 14.4 Å². The van der Waals surface area contributed by atoms with Crippen LogP contribution < -0.4 is 0 Å². The Kier molecular flexibility index (Phi) is 7.01. The molecule has 0 amide bonds. The second kappa shape index (κ2) is 8.53. The minimum absolute atomic E-state index is 0.161. The van der Waals surface area contributed by atoms with E-state index in [4.69, 9.17) is 9.47 Å². The van der Waals surface area contributed by atoms with Gasteiger partial charge in [-0.15, -0.1) is 6.58 Å². The summed E-state index contributed by atoms with van der Waals surface area (Å²) in [5.41, 5.74) is 0.620. The molecular weight excluding hydrogens is 256 g/mol. The Hall–Kier alpha value is -1.62. The first kappa shape index (κ1) is 16.4. The maximum atomic E-state index is 11.7. The molecule has 1 atom stereocenters. The van der Waals surface area contributed by atoms with Gasteiger partial charge in [-0.2, -0.15) is 0 Å². The van der Waals surface area contributed by atoms with Crippen molar-refractivity contribution in [2.75, 3.05) is 33.4 Å². The summed E-state index contributed by atoms with van der Waals surface area (Å²) in [6.45, 7) is 10.4. The van der Waals surface area contributed by atoms with Crippen LogP contribution in [0, 0.1) is 0 Å². The lowest BCUT2D eigenvalue weighted by Crippen LogP contribution is -2.44. The Morgan fingerprint density at radius 1 is 1.60 bits per heavy atom. The quantitative estimate of drug-likeness (QED) is 0.253. The van der Waals surface area contributed by atoms with Gasteiger partial charge in [0.15, 0.2) is 0 Å². The molecular formula is C15H24N2O3. The minimum atomic E-state index is -0.305. The van der Waals surface area contributed by atoms with Crippen LogP contribution in [-0.4, -0.2) is 56.2 Å². The van der Waals surface area contributed by atoms with Crippen molar-refractivity contribution in [3.63, 3.8) is 0 Å². The van der Waals surface area contributed by atoms with E-state index in [2.05, 4.69) is 16.5 Å². The molecule has 0 spiro atoms. The molecule has 5 heteroatoms. The molecule has 0 saturated carbocycles. The maximum absolute atomic E-state index is 11.7. The highest BCUT2D eigenvalue weighted by atomic mass is 16.5. The highest BCUT2D eigenvalue weighted by molar-refractivity contribution is 6.01. The van der Waals surface area contributed by atoms with Gasteiger partial charge in [0, 0.05) is 18.7 Å². The lowest BCUT2D eigenvalue weighted by atomic mass is 10.1. The monoisotopic (exact) mass is 280 g/mol. The van der Waals surface area contributed by atoms with Gasteiger partial charge in [0.25, 0.3) is 0 Å². The van der Waals surface area contributed by atoms with Crippen LogP contribution in [0.15, 0.2) is 29.3 Å². The summed E-state index contributed by atoms with van der Waals surface area (Å²) in [6.07, 6.45) is 4.32. The third kappa shape index (κ3) is 4.81. The van der Waals surface area contributed by atoms with Crippen molar-refractivity contribution in [2.45, 2.75) is 26.4 Å². The molecule has 1 rings (SSSR count). The van der Waals surface area contributed by atoms with Gasteiger partial charge >= 0.3 is 5.97 Å². The number of ether oxygens (including phenoxy) is 2. The smallest absolute Gasteiger partial charge is 0.333 e. The fraction of sp³-hybridized carbons (Fsp3) is 0.600. The molecule has 0 aromatic rings. The van der Waals surface area contributed by atoms with Crippen LogP contribution in [0.2, 0.25) is 0 Å². The number of rotatable bonds is 5. The Balaban J connectivity index is 2.96. The van der Waals surface area contributed by atoms with Crippen LogP contribution in [0.1, 0.15) is 20.3 Å². The van der Waals surface area contributed by atoms with Gasteiger partial charge in [-0.25, -0.2) is 4.79 Å². The lowest BCUT2D eigenvalue weighted by molar-refractivity contribution is -0.136. The van der Waals surface area contributed by atoms with Crippen molar-refractivity contribution < 1.29 is 14.3 Å². The normalized spacial score (nSPS) is 20.8. The average Bonchev–Trinajstić information content (AvgIpc) is 2.47. The summed E-state index contributed by atoms with van der Waals surface area (Å²) in [5, 5.41) is 0. The van der Waals surface area contributed by atoms with Gasteiger partial charge in [-0.1, -0.05) is 13.0 Å². The second-order valence-electron chi connectivity index (χ2n) is 4.63. The van der Waals surface area contributed by atoms with E-state index in [1.165, 1.54) is 7.11 Å². The number of aliphatic imine (C=N–C) groups is 1. The zero-order valence-electron chi connectivity index (χ0n) is 12.6. The SMILES string of the molecule is C=CCN=C(/C=C(\CC)C(=O)OC)N1CCOC(C)C1. The van der Waals surface area contributed by atoms with Crippen molar-refractivity contribution >= 4 is 11.8 Å². The molecule has 112 valence electrons. The topological polar surface area (TPSA) is 51.1 Å². The van der Waals surface area contributed by atoms with Gasteiger partial charge in [-0.05, 0) is 19.4 Å². The van der Waals surface area contributed by atoms with E-state index >= 15 is 0 Å². The number of morpholine rings is 1. The fourth-order valence-electron chi connectivity index (χ4n) is 2.01. The van der Waals surface area contributed by atoms with Crippen molar-refractivity contribution in [3.05, 3.63) is 24.3 Å². The lowest BCUT2D eigenvalue weighted by Gasteiger charge is -2.32. The molecule has 0 aromatic carbocycles. The summed E-state index contributed by atoms with van der Waals surface area (Å²) in [5.74, 6) is 0.488. The number of esters is 1. The summed E-state index contributed by atoms with van der Waals surface area (Å²) in [7, 11) is 1.39. The molecule has 1 heterocycles. The number of hydrogen-bond acceptors (Lipinski definition) is 4. The number of methoxy groups -OCH3 is 1. The number of carbonyl (C=O) groups excluding carboxylic acids is 1. The van der Waals surface area contributed by atoms with Crippen LogP contribution in [0.3, 0.4) is 0 Å². The molecule has 20 heavy (non-hydrogen) atoms. The van der Waals surface area contributed by atoms with Crippen molar-refractivity contribution in [2.24, 2.45) is 4.99 Å². The first-order valence-corrected chi connectivity index (χ1v) is 6.93. The zero-order chi connectivity index (χ0) is 15.0. The van der Waals surface area contributed by atoms with Gasteiger partial charge in [0.05, 0.1) is 26.4 Å². The van der Waals surface area contributed by atoms with Crippen molar-refractivity contribution in [1.29, 1.82) is 0 Å². The summed E-state index contributed by atoms with van der Waals surface area (Å²) in [6, 6.07) is 0. The summed E-state index contributed by atoms with van der Waals surface area (Å²) >= 11 is 0. The van der Waals surface area contributed by atoms with E-state index < -0.39 is 0 Å². The maximum Gasteiger partial charge on any atom is 0.333 e. The zero-order valence-corrected chi connectivity index (χ0v) is 12.6. The molecule has 0 bridgehead atoms. The molecule has 0 aromatic heterocycles. The standard InChI is InChI=1S/C15H24N2O3/c1-5-7-16-14(10-13(6-2)15(18)19-4)17-8-9-20-12(3)11-17/h5,10,12H,1,6-9,11H2,2-4H3/b13-10+,16-14?. The third-order valence-corrected chi connectivity index (χ3v) is 3.08. The van der Waals surface area contributed by atoms with Crippen LogP contribution in [0.5, 0.6) is 0 Å². The third-order valence-electron chi connectivity index (χ3n) is 3.08. The van der Waals surface area contributed by atoms with E-state index in [0.717, 1.165) is 18.9 Å². The Labute approximate surface area is 121 Å². The van der Waals surface area contributed by atoms with Gasteiger partial charge in [0.2, 0.25) is 0 Å². The molecule has 1 fully saturated rings. The number of nitrogens with zero attached hydrogens (tertiary/aromatic N) is 2. The van der Waals surface area contributed by atoms with Crippen LogP contribution >= 0.6 is 0 Å². The summed E-state index contributed by atoms with van der Waals surface area (Å²) < 4.78 is 10.3. The van der Waals surface area contributed by atoms with E-state index in [0.29, 0.717) is 25.1 Å². The number of carbonyl (C=O) groups is 1. The number of amidine groups is 1. The first-order chi connectivity index (χ1) is 9.62. The Morgan fingerprint density at radius 3 is 2.90 bits per heavy atom. The van der Waals surface area contributed by atoms with Crippen molar-refractivity contribution in [3.8, 4) is 0 Å². The molecule has 1 unspecified atom stereocenters. The average molecular weight is 280 g/mol. The first-order valence-electron chi connectivity index (χ1n) is 6.93. The van der Waals surface area contributed by atoms with Gasteiger partial charge in [-0.3, -0.25) is 4.99 Å².